The van der Waals surface area contributed by atoms with Crippen LogP contribution in [0.15, 0.2) is 54.2 Å². The van der Waals surface area contributed by atoms with Crippen LogP contribution in [0.1, 0.15) is 11.3 Å². The van der Waals surface area contributed by atoms with Gasteiger partial charge in [0.2, 0.25) is 0 Å². The van der Waals surface area contributed by atoms with Crippen LogP contribution >= 0.6 is 0 Å². The number of para-hydroxylation sites is 1. The van der Waals surface area contributed by atoms with Gasteiger partial charge >= 0.3 is 0 Å². The van der Waals surface area contributed by atoms with E-state index in [4.69, 9.17) is 5.26 Å². The Morgan fingerprint density at radius 1 is 1.18 bits per heavy atom. The smallest absolute Gasteiger partial charge is 0.267 e. The summed E-state index contributed by atoms with van der Waals surface area (Å²) in [4.78, 5) is 16.4. The summed E-state index contributed by atoms with van der Waals surface area (Å²) in [7, 11) is 0. The van der Waals surface area contributed by atoms with Gasteiger partial charge in [0.25, 0.3) is 5.91 Å². The molecule has 0 radical (unpaired) electrons. The van der Waals surface area contributed by atoms with Crippen LogP contribution in [0.3, 0.4) is 0 Å². The zero-order valence-electron chi connectivity index (χ0n) is 12.4. The van der Waals surface area contributed by atoms with Crippen molar-refractivity contribution in [2.24, 2.45) is 0 Å². The van der Waals surface area contributed by atoms with E-state index in [0.717, 1.165) is 11.3 Å². The average Bonchev–Trinajstić information content (AvgIpc) is 2.50. The summed E-state index contributed by atoms with van der Waals surface area (Å²) in [5.41, 5.74) is 2.44. The van der Waals surface area contributed by atoms with Crippen LogP contribution in [-0.4, -0.2) is 10.9 Å². The maximum atomic E-state index is 12.1. The molecule has 0 bridgehead atoms. The van der Waals surface area contributed by atoms with Gasteiger partial charge in [-0.1, -0.05) is 24.3 Å². The van der Waals surface area contributed by atoms with Gasteiger partial charge in [-0.3, -0.25) is 4.79 Å². The summed E-state index contributed by atoms with van der Waals surface area (Å²) in [5, 5.41) is 14.7. The monoisotopic (exact) mass is 292 g/mol. The number of aryl methyl sites for hydroxylation is 2. The minimum absolute atomic E-state index is 0.0217. The van der Waals surface area contributed by atoms with E-state index in [2.05, 4.69) is 15.6 Å². The highest BCUT2D eigenvalue weighted by Crippen LogP contribution is 2.14. The van der Waals surface area contributed by atoms with Crippen molar-refractivity contribution in [3.8, 4) is 6.07 Å². The summed E-state index contributed by atoms with van der Waals surface area (Å²) in [6.45, 7) is 3.76. The van der Waals surface area contributed by atoms with Gasteiger partial charge in [0.1, 0.15) is 17.5 Å². The Kier molecular flexibility index (Phi) is 4.89. The molecule has 22 heavy (non-hydrogen) atoms. The van der Waals surface area contributed by atoms with E-state index in [9.17, 15) is 4.79 Å². The topological polar surface area (TPSA) is 77.8 Å². The zero-order valence-corrected chi connectivity index (χ0v) is 12.4. The predicted octanol–water partition coefficient (Wildman–Crippen LogP) is 3.16. The third-order valence-electron chi connectivity index (χ3n) is 3.01. The number of nitrogens with one attached hydrogen (secondary N) is 2. The molecule has 0 spiro atoms. The maximum Gasteiger partial charge on any atom is 0.267 e. The molecule has 0 aliphatic carbocycles. The molecule has 2 aromatic rings. The lowest BCUT2D eigenvalue weighted by Crippen LogP contribution is -2.15. The molecule has 110 valence electrons. The molecule has 0 fully saturated rings. The lowest BCUT2D eigenvalue weighted by molar-refractivity contribution is -0.112. The fourth-order valence-corrected chi connectivity index (χ4v) is 1.82. The highest BCUT2D eigenvalue weighted by Gasteiger charge is 2.10. The molecule has 1 aromatic heterocycles. The Morgan fingerprint density at radius 2 is 1.95 bits per heavy atom. The Hall–Kier alpha value is -3.13. The van der Waals surface area contributed by atoms with E-state index in [0.29, 0.717) is 11.5 Å². The zero-order chi connectivity index (χ0) is 15.9. The molecule has 0 saturated heterocycles. The highest BCUT2D eigenvalue weighted by atomic mass is 16.1. The Bertz CT molecular complexity index is 759. The van der Waals surface area contributed by atoms with Crippen molar-refractivity contribution in [2.45, 2.75) is 13.8 Å². The number of benzene rings is 1. The van der Waals surface area contributed by atoms with Crippen molar-refractivity contribution in [3.63, 3.8) is 0 Å². The van der Waals surface area contributed by atoms with Crippen molar-refractivity contribution in [1.29, 1.82) is 5.26 Å². The third-order valence-corrected chi connectivity index (χ3v) is 3.01. The lowest BCUT2D eigenvalue weighted by Gasteiger charge is -2.07. The predicted molar refractivity (Wildman–Crippen MR) is 86.1 cm³/mol. The second-order valence-corrected chi connectivity index (χ2v) is 4.75. The van der Waals surface area contributed by atoms with Gasteiger partial charge in [-0.05, 0) is 37.6 Å². The molecule has 0 aliphatic rings. The number of hydrogen-bond donors (Lipinski definition) is 2. The van der Waals surface area contributed by atoms with Gasteiger partial charge < -0.3 is 10.6 Å². The molecule has 0 atom stereocenters. The number of carbonyl (C=O) groups is 1. The first-order chi connectivity index (χ1) is 10.6. The molecule has 5 nitrogen and oxygen atoms in total. The van der Waals surface area contributed by atoms with Crippen molar-refractivity contribution < 1.29 is 4.79 Å². The Balaban J connectivity index is 2.11. The van der Waals surface area contributed by atoms with Crippen LogP contribution in [-0.2, 0) is 4.79 Å². The standard InChI is InChI=1S/C17H16N4O/c1-12-6-3-4-8-15(12)21-17(22)14(10-18)11-19-16-9-5-7-13(2)20-16/h3-9,11H,1-2H3,(H,19,20)(H,21,22)/b14-11-. The first-order valence-electron chi connectivity index (χ1n) is 6.77. The Labute approximate surface area is 129 Å². The molecule has 5 heteroatoms. The van der Waals surface area contributed by atoms with Crippen LogP contribution in [0.2, 0.25) is 0 Å². The van der Waals surface area contributed by atoms with Crippen LogP contribution in [0, 0.1) is 25.2 Å². The van der Waals surface area contributed by atoms with Gasteiger partial charge in [-0.25, -0.2) is 4.98 Å². The van der Waals surface area contributed by atoms with Gasteiger partial charge in [-0.15, -0.1) is 0 Å². The summed E-state index contributed by atoms with van der Waals surface area (Å²) >= 11 is 0. The summed E-state index contributed by atoms with van der Waals surface area (Å²) in [6.07, 6.45) is 1.36. The highest BCUT2D eigenvalue weighted by molar-refractivity contribution is 6.07. The third kappa shape index (κ3) is 3.93. The fraction of sp³-hybridized carbons (Fsp3) is 0.118. The normalized spacial score (nSPS) is 10.7. The molecule has 0 saturated carbocycles. The first kappa shape index (κ1) is 15.3. The number of pyridine rings is 1. The molecule has 2 rings (SSSR count). The van der Waals surface area contributed by atoms with Gasteiger partial charge in [0, 0.05) is 17.6 Å². The van der Waals surface area contributed by atoms with Gasteiger partial charge in [0.15, 0.2) is 0 Å². The number of carbonyl (C=O) groups excluding carboxylic acids is 1. The number of rotatable bonds is 4. The van der Waals surface area contributed by atoms with E-state index >= 15 is 0 Å². The van der Waals surface area contributed by atoms with Gasteiger partial charge in [0.05, 0.1) is 0 Å². The number of anilines is 2. The van der Waals surface area contributed by atoms with Crippen molar-refractivity contribution in [1.82, 2.24) is 4.98 Å². The quantitative estimate of drug-likeness (QED) is 0.670. The van der Waals surface area contributed by atoms with E-state index in [1.807, 2.05) is 50.2 Å². The first-order valence-corrected chi connectivity index (χ1v) is 6.77. The van der Waals surface area contributed by atoms with Crippen molar-refractivity contribution in [3.05, 3.63) is 65.5 Å². The van der Waals surface area contributed by atoms with E-state index < -0.39 is 5.91 Å². The van der Waals surface area contributed by atoms with Crippen LogP contribution in [0.25, 0.3) is 0 Å². The van der Waals surface area contributed by atoms with E-state index in [-0.39, 0.29) is 5.57 Å². The van der Waals surface area contributed by atoms with Crippen molar-refractivity contribution >= 4 is 17.4 Å². The largest absolute Gasteiger partial charge is 0.345 e. The number of nitrogens with zero attached hydrogens (tertiary/aromatic N) is 2. The summed E-state index contributed by atoms with van der Waals surface area (Å²) in [5.74, 6) is 0.119. The lowest BCUT2D eigenvalue weighted by atomic mass is 10.2. The number of nitriles is 1. The minimum atomic E-state index is -0.461. The molecule has 1 aromatic carbocycles. The fourth-order valence-electron chi connectivity index (χ4n) is 1.82. The summed E-state index contributed by atoms with van der Waals surface area (Å²) in [6, 6.07) is 14.7. The van der Waals surface area contributed by atoms with E-state index in [1.165, 1.54) is 6.20 Å². The molecule has 1 heterocycles. The van der Waals surface area contributed by atoms with Crippen LogP contribution in [0.5, 0.6) is 0 Å². The second kappa shape index (κ2) is 7.04. The molecule has 2 N–H and O–H groups in total. The average molecular weight is 292 g/mol. The minimum Gasteiger partial charge on any atom is -0.345 e. The molecular weight excluding hydrogens is 276 g/mol. The number of hydrogen-bond acceptors (Lipinski definition) is 4. The Morgan fingerprint density at radius 3 is 2.64 bits per heavy atom. The van der Waals surface area contributed by atoms with Crippen molar-refractivity contribution in [2.75, 3.05) is 10.6 Å². The van der Waals surface area contributed by atoms with Gasteiger partial charge in [-0.2, -0.15) is 5.26 Å². The van der Waals surface area contributed by atoms with Crippen LogP contribution < -0.4 is 10.6 Å². The molecule has 0 aliphatic heterocycles. The summed E-state index contributed by atoms with van der Waals surface area (Å²) < 4.78 is 0. The van der Waals surface area contributed by atoms with E-state index in [1.54, 1.807) is 12.1 Å². The SMILES string of the molecule is Cc1cccc(N/C=C(/C#N)C(=O)Nc2ccccc2C)n1. The maximum absolute atomic E-state index is 12.1. The molecular formula is C17H16N4O. The van der Waals surface area contributed by atoms with Crippen LogP contribution in [0.4, 0.5) is 11.5 Å². The second-order valence-electron chi connectivity index (χ2n) is 4.75. The number of aromatic nitrogens is 1. The molecule has 1 amide bonds. The number of amides is 1. The molecule has 0 unspecified atom stereocenters.